The Hall–Kier alpha value is -5.62. The van der Waals surface area contributed by atoms with E-state index >= 15 is 0 Å². The van der Waals surface area contributed by atoms with Gasteiger partial charge in [0.2, 0.25) is 0 Å². The van der Waals surface area contributed by atoms with Crippen LogP contribution in [0.1, 0.15) is 126 Å². The summed E-state index contributed by atoms with van der Waals surface area (Å²) in [5, 5.41) is 32.6. The summed E-state index contributed by atoms with van der Waals surface area (Å²) in [5.41, 5.74) is 5.68. The number of hydrogen-bond donors (Lipinski definition) is 2. The Balaban J connectivity index is 1.64. The van der Waals surface area contributed by atoms with Crippen molar-refractivity contribution in [2.24, 2.45) is 0 Å². The monoisotopic (exact) mass is 774 g/mol. The van der Waals surface area contributed by atoms with Gasteiger partial charge in [0.15, 0.2) is 0 Å². The molecule has 6 nitrogen and oxygen atoms in total. The van der Waals surface area contributed by atoms with E-state index in [1.807, 2.05) is 12.1 Å². The minimum absolute atomic E-state index is 0.150. The molecule has 0 aliphatic heterocycles. The predicted molar refractivity (Wildman–Crippen MR) is 239 cm³/mol. The summed E-state index contributed by atoms with van der Waals surface area (Å²) in [6, 6.07) is 21.0. The number of carbonyl (C=O) groups excluding carboxylic acids is 2. The molecule has 0 saturated heterocycles. The lowest BCUT2D eigenvalue weighted by Gasteiger charge is -2.28. The van der Waals surface area contributed by atoms with Gasteiger partial charge in [-0.15, -0.1) is 0 Å². The maximum atomic E-state index is 14.3. The van der Waals surface area contributed by atoms with Gasteiger partial charge in [-0.25, -0.2) is 9.59 Å². The van der Waals surface area contributed by atoms with Crippen LogP contribution in [-0.4, -0.2) is 36.4 Å². The molecule has 8 rings (SSSR count). The van der Waals surface area contributed by atoms with Crippen LogP contribution < -0.4 is 0 Å². The SMILES string of the molecule is COC(=O)c1c(C(=O)OC)c2cc(-c3cc(C(C)(C)C)c(O)c(C(C)(C)C)c3)c3ccc4ccc5c(-c6cc(C(C)(C)C)c(O)c(C(C)(C)C)c6)cc1c1c5c4c3c21. The molecule has 298 valence electrons. The van der Waals surface area contributed by atoms with Crippen molar-refractivity contribution in [2.45, 2.75) is 105 Å². The molecule has 2 N–H and O–H groups in total. The first-order valence-corrected chi connectivity index (χ1v) is 20.1. The predicted octanol–water partition coefficient (Wildman–Crippen LogP) is 13.3. The molecule has 0 saturated carbocycles. The third kappa shape index (κ3) is 5.58. The number of methoxy groups -OCH3 is 2. The second-order valence-electron chi connectivity index (χ2n) is 20.3. The van der Waals surface area contributed by atoms with Crippen LogP contribution in [0.5, 0.6) is 11.5 Å². The Morgan fingerprint density at radius 1 is 0.431 bits per heavy atom. The second kappa shape index (κ2) is 12.4. The van der Waals surface area contributed by atoms with Crippen LogP contribution in [0.2, 0.25) is 0 Å². The highest BCUT2D eigenvalue weighted by Gasteiger charge is 2.35. The molecule has 0 bridgehead atoms. The van der Waals surface area contributed by atoms with Crippen LogP contribution in [0.25, 0.3) is 76.1 Å². The van der Waals surface area contributed by atoms with Crippen LogP contribution in [0.15, 0.2) is 60.7 Å². The zero-order valence-electron chi connectivity index (χ0n) is 36.3. The van der Waals surface area contributed by atoms with Crippen LogP contribution in [0.4, 0.5) is 0 Å². The molecule has 0 spiro atoms. The molecule has 0 amide bonds. The number of phenolic OH excluding ortho intramolecular Hbond substituents is 2. The summed E-state index contributed by atoms with van der Waals surface area (Å²) in [7, 11) is 2.68. The fraction of sp³-hybridized carbons (Fsp3) is 0.346. The molecule has 0 atom stereocenters. The molecule has 0 unspecified atom stereocenters. The molecular weight excluding hydrogens is 721 g/mol. The Bertz CT molecular complexity index is 2720. The first-order valence-electron chi connectivity index (χ1n) is 20.1. The van der Waals surface area contributed by atoms with Gasteiger partial charge in [-0.05, 0) is 134 Å². The molecule has 8 aromatic rings. The first-order chi connectivity index (χ1) is 26.9. The third-order valence-corrected chi connectivity index (χ3v) is 12.3. The number of hydrogen-bond acceptors (Lipinski definition) is 6. The zero-order valence-corrected chi connectivity index (χ0v) is 36.3. The van der Waals surface area contributed by atoms with Gasteiger partial charge in [0.25, 0.3) is 0 Å². The van der Waals surface area contributed by atoms with Crippen molar-refractivity contribution in [1.29, 1.82) is 0 Å². The van der Waals surface area contributed by atoms with Crippen molar-refractivity contribution in [3.63, 3.8) is 0 Å². The average molecular weight is 775 g/mol. The van der Waals surface area contributed by atoms with Crippen molar-refractivity contribution in [3.8, 4) is 33.8 Å². The molecule has 0 aromatic heterocycles. The van der Waals surface area contributed by atoms with Crippen molar-refractivity contribution < 1.29 is 29.3 Å². The van der Waals surface area contributed by atoms with Crippen LogP contribution in [0.3, 0.4) is 0 Å². The van der Waals surface area contributed by atoms with E-state index < -0.39 is 11.9 Å². The van der Waals surface area contributed by atoms with E-state index in [-0.39, 0.29) is 44.3 Å². The minimum Gasteiger partial charge on any atom is -0.507 e. The number of ether oxygens (including phenoxy) is 2. The van der Waals surface area contributed by atoms with Gasteiger partial charge >= 0.3 is 11.9 Å². The van der Waals surface area contributed by atoms with Crippen molar-refractivity contribution in [3.05, 3.63) is 94.0 Å². The number of aromatic hydroxyl groups is 2. The van der Waals surface area contributed by atoms with Gasteiger partial charge < -0.3 is 19.7 Å². The summed E-state index contributed by atoms with van der Waals surface area (Å²) in [6.07, 6.45) is 0. The standard InChI is InChI=1S/C52H54O6/c1-49(2,3)34-19-26(20-35(45(34)53)50(4,5)6)30-23-32-41-39-28(30)17-15-25-16-18-29-31(27-21-36(51(7,8)9)46(54)37(22-27)52(10,11)12)24-33(42(41)40(29)38(25)39)44(48(56)58-14)43(32)47(55)57-13/h15-24,53-54H,1-14H3. The summed E-state index contributed by atoms with van der Waals surface area (Å²) in [5.74, 6) is -0.700. The number of carbonyl (C=O) groups is 2. The molecule has 0 aliphatic rings. The first kappa shape index (κ1) is 39.2. The number of benzene rings is 7. The fourth-order valence-electron chi connectivity index (χ4n) is 9.40. The van der Waals surface area contributed by atoms with Crippen LogP contribution in [-0.2, 0) is 31.1 Å². The topological polar surface area (TPSA) is 93.1 Å². The molecule has 8 aromatic carbocycles. The molecule has 0 radical (unpaired) electrons. The maximum absolute atomic E-state index is 14.3. The lowest BCUT2D eigenvalue weighted by atomic mass is 9.77. The van der Waals surface area contributed by atoms with Crippen molar-refractivity contribution >= 4 is 65.8 Å². The highest BCUT2D eigenvalue weighted by atomic mass is 16.5. The summed E-state index contributed by atoms with van der Waals surface area (Å²) >= 11 is 0. The normalized spacial score (nSPS) is 13.3. The quantitative estimate of drug-likeness (QED) is 0.137. The van der Waals surface area contributed by atoms with E-state index in [0.717, 1.165) is 87.6 Å². The Kier molecular flexibility index (Phi) is 8.41. The van der Waals surface area contributed by atoms with Gasteiger partial charge in [-0.3, -0.25) is 0 Å². The van der Waals surface area contributed by atoms with Gasteiger partial charge in [0.05, 0.1) is 25.3 Å². The van der Waals surface area contributed by atoms with E-state index in [9.17, 15) is 19.8 Å². The average Bonchev–Trinajstić information content (AvgIpc) is 3.50. The lowest BCUT2D eigenvalue weighted by Crippen LogP contribution is -2.17. The smallest absolute Gasteiger partial charge is 0.339 e. The third-order valence-electron chi connectivity index (χ3n) is 12.3. The number of phenols is 2. The van der Waals surface area contributed by atoms with E-state index in [0.29, 0.717) is 10.8 Å². The highest BCUT2D eigenvalue weighted by molar-refractivity contribution is 6.48. The van der Waals surface area contributed by atoms with E-state index in [1.54, 1.807) is 0 Å². The molecule has 0 aliphatic carbocycles. The van der Waals surface area contributed by atoms with E-state index in [2.05, 4.69) is 132 Å². The number of rotatable bonds is 4. The molecular formula is C52H54O6. The second-order valence-corrected chi connectivity index (χ2v) is 20.3. The van der Waals surface area contributed by atoms with Gasteiger partial charge in [-0.1, -0.05) is 107 Å². The van der Waals surface area contributed by atoms with Crippen molar-refractivity contribution in [1.82, 2.24) is 0 Å². The maximum Gasteiger partial charge on any atom is 0.339 e. The Morgan fingerprint density at radius 2 is 0.724 bits per heavy atom. The van der Waals surface area contributed by atoms with E-state index in [1.165, 1.54) is 14.2 Å². The summed E-state index contributed by atoms with van der Waals surface area (Å²) < 4.78 is 11.0. The lowest BCUT2D eigenvalue weighted by molar-refractivity contribution is 0.0559. The van der Waals surface area contributed by atoms with Gasteiger partial charge in [0, 0.05) is 22.3 Å². The highest BCUT2D eigenvalue weighted by Crippen LogP contribution is 2.55. The van der Waals surface area contributed by atoms with Gasteiger partial charge in [-0.2, -0.15) is 0 Å². The fourth-order valence-corrected chi connectivity index (χ4v) is 9.40. The zero-order chi connectivity index (χ0) is 42.3. The largest absolute Gasteiger partial charge is 0.507 e. The molecule has 0 fully saturated rings. The number of esters is 2. The summed E-state index contributed by atoms with van der Waals surface area (Å²) in [6.45, 7) is 25.2. The molecule has 0 heterocycles. The van der Waals surface area contributed by atoms with Gasteiger partial charge in [0.1, 0.15) is 11.5 Å². The molecule has 58 heavy (non-hydrogen) atoms. The Morgan fingerprint density at radius 3 is 1.00 bits per heavy atom. The van der Waals surface area contributed by atoms with Crippen LogP contribution in [0, 0.1) is 0 Å². The molecule has 6 heteroatoms. The minimum atomic E-state index is -0.636. The van der Waals surface area contributed by atoms with Crippen LogP contribution >= 0.6 is 0 Å². The van der Waals surface area contributed by atoms with E-state index in [4.69, 9.17) is 9.47 Å². The summed E-state index contributed by atoms with van der Waals surface area (Å²) in [4.78, 5) is 28.5. The van der Waals surface area contributed by atoms with Crippen molar-refractivity contribution in [2.75, 3.05) is 14.2 Å². The Labute approximate surface area is 340 Å².